The lowest BCUT2D eigenvalue weighted by atomic mass is 10.0. The molecule has 3 aromatic rings. The summed E-state index contributed by atoms with van der Waals surface area (Å²) in [6.45, 7) is 0.299. The summed E-state index contributed by atoms with van der Waals surface area (Å²) in [5.41, 5.74) is 8.47. The fraction of sp³-hybridized carbons (Fsp3) is 0.250. The molecule has 7 heteroatoms. The van der Waals surface area contributed by atoms with Crippen LogP contribution in [0.5, 0.6) is 0 Å². The van der Waals surface area contributed by atoms with Crippen LogP contribution in [0.3, 0.4) is 0 Å². The van der Waals surface area contributed by atoms with E-state index in [9.17, 15) is 4.79 Å². The number of benzene rings is 2. The van der Waals surface area contributed by atoms with Gasteiger partial charge in [0.2, 0.25) is 6.10 Å². The van der Waals surface area contributed by atoms with Crippen molar-refractivity contribution in [1.29, 1.82) is 0 Å². The first kappa shape index (κ1) is 17.2. The van der Waals surface area contributed by atoms with Crippen molar-refractivity contribution in [2.24, 2.45) is 17.9 Å². The molecule has 2 atom stereocenters. The molecular weight excluding hydrogens is 342 g/mol. The van der Waals surface area contributed by atoms with Crippen molar-refractivity contribution in [2.75, 3.05) is 6.54 Å². The summed E-state index contributed by atoms with van der Waals surface area (Å²) >= 11 is 0. The lowest BCUT2D eigenvalue weighted by Gasteiger charge is -2.19. The van der Waals surface area contributed by atoms with Crippen LogP contribution in [0.2, 0.25) is 0 Å². The van der Waals surface area contributed by atoms with Gasteiger partial charge in [0.05, 0.1) is 18.0 Å². The van der Waals surface area contributed by atoms with Gasteiger partial charge in [-0.3, -0.25) is 9.48 Å². The summed E-state index contributed by atoms with van der Waals surface area (Å²) in [6, 6.07) is 13.9. The zero-order chi connectivity index (χ0) is 18.8. The van der Waals surface area contributed by atoms with E-state index in [1.165, 1.54) is 0 Å². The second kappa shape index (κ2) is 7.20. The molecular formula is C20H21N5O2. The summed E-state index contributed by atoms with van der Waals surface area (Å²) in [5, 5.41) is 13.4. The lowest BCUT2D eigenvalue weighted by Crippen LogP contribution is -2.40. The molecule has 2 unspecified atom stereocenters. The number of carbonyl (C=O) groups is 1. The molecule has 0 aliphatic carbocycles. The van der Waals surface area contributed by atoms with E-state index in [1.54, 1.807) is 10.9 Å². The van der Waals surface area contributed by atoms with Crippen LogP contribution in [0.4, 0.5) is 0 Å². The first-order chi connectivity index (χ1) is 13.1. The topological polar surface area (TPSA) is 94.5 Å². The maximum atomic E-state index is 12.6. The molecule has 2 aromatic carbocycles. The van der Waals surface area contributed by atoms with Crippen LogP contribution < -0.4 is 11.1 Å². The number of hydrogen-bond donors (Lipinski definition) is 2. The number of aromatic nitrogens is 2. The van der Waals surface area contributed by atoms with E-state index in [1.807, 2.05) is 43.6 Å². The Bertz CT molecular complexity index is 1010. The van der Waals surface area contributed by atoms with Crippen LogP contribution in [0, 0.1) is 0 Å². The van der Waals surface area contributed by atoms with Gasteiger partial charge in [-0.05, 0) is 22.4 Å². The Morgan fingerprint density at radius 1 is 1.33 bits per heavy atom. The number of fused-ring (bicyclic) bond motifs is 1. The van der Waals surface area contributed by atoms with Gasteiger partial charge in [0.15, 0.2) is 0 Å². The van der Waals surface area contributed by atoms with Crippen LogP contribution in [-0.2, 0) is 16.7 Å². The van der Waals surface area contributed by atoms with E-state index in [0.717, 1.165) is 27.6 Å². The summed E-state index contributed by atoms with van der Waals surface area (Å²) in [5.74, 6) is -0.221. The van der Waals surface area contributed by atoms with E-state index in [0.29, 0.717) is 13.0 Å². The fourth-order valence-corrected chi connectivity index (χ4v) is 3.23. The molecule has 0 radical (unpaired) electrons. The summed E-state index contributed by atoms with van der Waals surface area (Å²) in [7, 11) is 1.83. The van der Waals surface area contributed by atoms with Gasteiger partial charge < -0.3 is 15.9 Å². The van der Waals surface area contributed by atoms with Crippen molar-refractivity contribution >= 4 is 22.4 Å². The second-order valence-electron chi connectivity index (χ2n) is 6.64. The molecule has 1 aliphatic heterocycles. The Labute approximate surface area is 156 Å². The molecule has 138 valence electrons. The van der Waals surface area contributed by atoms with Crippen molar-refractivity contribution in [3.05, 3.63) is 66.0 Å². The van der Waals surface area contributed by atoms with Gasteiger partial charge in [0, 0.05) is 31.8 Å². The van der Waals surface area contributed by atoms with Crippen molar-refractivity contribution in [3.63, 3.8) is 0 Å². The quantitative estimate of drug-likeness (QED) is 0.724. The van der Waals surface area contributed by atoms with E-state index in [4.69, 9.17) is 10.6 Å². The highest BCUT2D eigenvalue weighted by Gasteiger charge is 2.30. The molecule has 7 nitrogen and oxygen atoms in total. The molecule has 1 aliphatic rings. The number of rotatable bonds is 5. The molecule has 0 saturated heterocycles. The second-order valence-corrected chi connectivity index (χ2v) is 6.64. The highest BCUT2D eigenvalue weighted by atomic mass is 16.6. The number of nitrogens with one attached hydrogen (secondary N) is 1. The number of hydrogen-bond acceptors (Lipinski definition) is 5. The molecule has 0 fully saturated rings. The van der Waals surface area contributed by atoms with Crippen molar-refractivity contribution < 1.29 is 9.63 Å². The van der Waals surface area contributed by atoms with E-state index >= 15 is 0 Å². The third kappa shape index (κ3) is 3.54. The highest BCUT2D eigenvalue weighted by molar-refractivity contribution is 6.03. The van der Waals surface area contributed by atoms with Crippen LogP contribution in [-0.4, -0.2) is 34.0 Å². The zero-order valence-electron chi connectivity index (χ0n) is 15.0. The molecule has 3 N–H and O–H groups in total. The minimum atomic E-state index is -0.658. The molecule has 0 saturated carbocycles. The van der Waals surface area contributed by atoms with Gasteiger partial charge in [-0.1, -0.05) is 41.6 Å². The number of carbonyl (C=O) groups excluding carboxylic acids is 1. The summed E-state index contributed by atoms with van der Waals surface area (Å²) in [6.07, 6.45) is 3.31. The Morgan fingerprint density at radius 2 is 2.15 bits per heavy atom. The molecule has 4 rings (SSSR count). The maximum Gasteiger partial charge on any atom is 0.264 e. The number of aryl methyl sites for hydroxylation is 1. The Hall–Kier alpha value is -3.19. The van der Waals surface area contributed by atoms with Gasteiger partial charge in [-0.25, -0.2) is 0 Å². The fourth-order valence-electron chi connectivity index (χ4n) is 3.23. The van der Waals surface area contributed by atoms with Crippen LogP contribution >= 0.6 is 0 Å². The number of nitrogens with two attached hydrogens (primary N) is 1. The number of nitrogens with zero attached hydrogens (tertiary/aromatic N) is 3. The van der Waals surface area contributed by atoms with Gasteiger partial charge in [-0.2, -0.15) is 5.10 Å². The molecule has 0 spiro atoms. The lowest BCUT2D eigenvalue weighted by molar-refractivity contribution is -0.131. The van der Waals surface area contributed by atoms with E-state index in [2.05, 4.69) is 27.7 Å². The Balaban J connectivity index is 1.44. The van der Waals surface area contributed by atoms with E-state index < -0.39 is 6.10 Å². The first-order valence-corrected chi connectivity index (χ1v) is 8.85. The number of oxime groups is 1. The van der Waals surface area contributed by atoms with Crippen LogP contribution in [0.1, 0.15) is 23.6 Å². The average molecular weight is 363 g/mol. The van der Waals surface area contributed by atoms with Gasteiger partial charge in [0.25, 0.3) is 5.91 Å². The Kier molecular flexibility index (Phi) is 4.60. The predicted molar refractivity (Wildman–Crippen MR) is 103 cm³/mol. The average Bonchev–Trinajstić information content (AvgIpc) is 3.34. The standard InChI is InChI=1S/C20H21N5O2/c1-25-12-16(11-22-25)17-9-19(27-24-17)20(26)23-18(10-21)15-7-6-13-4-2-3-5-14(13)8-15/h2-8,11-12,18-19H,9-10,21H2,1H3,(H,23,26). The van der Waals surface area contributed by atoms with Crippen LogP contribution in [0.25, 0.3) is 10.8 Å². The third-order valence-electron chi connectivity index (χ3n) is 4.73. The molecule has 2 heterocycles. The van der Waals surface area contributed by atoms with Crippen LogP contribution in [0.15, 0.2) is 60.0 Å². The molecule has 1 amide bonds. The summed E-state index contributed by atoms with van der Waals surface area (Å²) in [4.78, 5) is 18.0. The normalized spacial score (nSPS) is 17.4. The van der Waals surface area contributed by atoms with Gasteiger partial charge in [0.1, 0.15) is 0 Å². The van der Waals surface area contributed by atoms with Gasteiger partial charge in [-0.15, -0.1) is 0 Å². The zero-order valence-corrected chi connectivity index (χ0v) is 15.0. The van der Waals surface area contributed by atoms with Crippen molar-refractivity contribution in [1.82, 2.24) is 15.1 Å². The smallest absolute Gasteiger partial charge is 0.264 e. The monoisotopic (exact) mass is 363 g/mol. The highest BCUT2D eigenvalue weighted by Crippen LogP contribution is 2.22. The minimum absolute atomic E-state index is 0.221. The first-order valence-electron chi connectivity index (χ1n) is 8.85. The largest absolute Gasteiger partial charge is 0.382 e. The number of amides is 1. The molecule has 0 bridgehead atoms. The predicted octanol–water partition coefficient (Wildman–Crippen LogP) is 1.88. The molecule has 1 aromatic heterocycles. The third-order valence-corrected chi connectivity index (χ3v) is 4.73. The molecule has 27 heavy (non-hydrogen) atoms. The minimum Gasteiger partial charge on any atom is -0.382 e. The van der Waals surface area contributed by atoms with E-state index in [-0.39, 0.29) is 11.9 Å². The van der Waals surface area contributed by atoms with Crippen molar-refractivity contribution in [3.8, 4) is 0 Å². The van der Waals surface area contributed by atoms with Gasteiger partial charge >= 0.3 is 0 Å². The SMILES string of the molecule is Cn1cc(C2=NOC(C(=O)NC(CN)c3ccc4ccccc4c3)C2)cn1. The van der Waals surface area contributed by atoms with Crippen molar-refractivity contribution in [2.45, 2.75) is 18.6 Å². The summed E-state index contributed by atoms with van der Waals surface area (Å²) < 4.78 is 1.69. The Morgan fingerprint density at radius 3 is 2.89 bits per heavy atom. The maximum absolute atomic E-state index is 12.6.